The average molecular weight is 471 g/mol. The van der Waals surface area contributed by atoms with Crippen LogP contribution in [-0.4, -0.2) is 36.2 Å². The number of amides is 2. The quantitative estimate of drug-likeness (QED) is 0.306. The van der Waals surface area contributed by atoms with Gasteiger partial charge in [0.15, 0.2) is 12.4 Å². The summed E-state index contributed by atoms with van der Waals surface area (Å²) >= 11 is 0. The molecule has 178 valence electrons. The number of hydrogen-bond acceptors (Lipinski definition) is 6. The van der Waals surface area contributed by atoms with Gasteiger partial charge >= 0.3 is 5.97 Å². The summed E-state index contributed by atoms with van der Waals surface area (Å²) in [5.41, 5.74) is 4.28. The van der Waals surface area contributed by atoms with E-state index in [9.17, 15) is 19.2 Å². The van der Waals surface area contributed by atoms with Crippen LogP contribution in [0.3, 0.4) is 0 Å². The Morgan fingerprint density at radius 2 is 1.43 bits per heavy atom. The fourth-order valence-electron chi connectivity index (χ4n) is 3.79. The summed E-state index contributed by atoms with van der Waals surface area (Å²) in [6, 6.07) is 20.3. The highest BCUT2D eigenvalue weighted by atomic mass is 16.5. The van der Waals surface area contributed by atoms with E-state index in [0.29, 0.717) is 17.8 Å². The van der Waals surface area contributed by atoms with Gasteiger partial charge in [-0.3, -0.25) is 14.4 Å². The molecule has 7 nitrogen and oxygen atoms in total. The van der Waals surface area contributed by atoms with Gasteiger partial charge in [-0.15, -0.1) is 0 Å². The molecule has 0 spiro atoms. The topological polar surface area (TPSA) is 92.8 Å². The zero-order chi connectivity index (χ0) is 24.9. The Bertz CT molecular complexity index is 1250. The van der Waals surface area contributed by atoms with E-state index in [4.69, 9.17) is 4.74 Å². The first-order valence-electron chi connectivity index (χ1n) is 11.3. The molecular formula is C28H26N2O5. The first-order chi connectivity index (χ1) is 16.8. The Kier molecular flexibility index (Phi) is 7.17. The number of ether oxygens (including phenoxy) is 1. The van der Waals surface area contributed by atoms with Gasteiger partial charge in [-0.05, 0) is 43.7 Å². The zero-order valence-corrected chi connectivity index (χ0v) is 19.6. The van der Waals surface area contributed by atoms with Gasteiger partial charge in [0.25, 0.3) is 5.91 Å². The lowest BCUT2D eigenvalue weighted by Crippen LogP contribution is -2.38. The second kappa shape index (κ2) is 10.4. The van der Waals surface area contributed by atoms with Gasteiger partial charge in [-0.2, -0.15) is 0 Å². The normalized spacial score (nSPS) is 15.4. The zero-order valence-electron chi connectivity index (χ0n) is 19.6. The number of ketones is 1. The SMILES string of the molecule is Cc1ccc(CNC2CC(=O)N(c3ccc(C(=O)OCC(=O)c4ccc(C)cc4)cc3)C2=O)cc1. The number of esters is 1. The minimum Gasteiger partial charge on any atom is -0.454 e. The number of nitrogens with one attached hydrogen (secondary N) is 1. The predicted octanol–water partition coefficient (Wildman–Crippen LogP) is 3.76. The largest absolute Gasteiger partial charge is 0.454 e. The van der Waals surface area contributed by atoms with E-state index in [1.54, 1.807) is 12.1 Å². The molecule has 0 aromatic heterocycles. The van der Waals surface area contributed by atoms with E-state index in [0.717, 1.165) is 21.6 Å². The van der Waals surface area contributed by atoms with Crippen molar-refractivity contribution in [3.63, 3.8) is 0 Å². The number of aryl methyl sites for hydroxylation is 2. The number of hydrogen-bond donors (Lipinski definition) is 1. The van der Waals surface area contributed by atoms with E-state index in [1.807, 2.05) is 50.2 Å². The van der Waals surface area contributed by atoms with E-state index in [2.05, 4.69) is 5.32 Å². The third-order valence-electron chi connectivity index (χ3n) is 5.89. The summed E-state index contributed by atoms with van der Waals surface area (Å²) in [6.45, 7) is 4.03. The maximum absolute atomic E-state index is 12.9. The van der Waals surface area contributed by atoms with Gasteiger partial charge in [0, 0.05) is 12.1 Å². The average Bonchev–Trinajstić information content (AvgIpc) is 3.15. The van der Waals surface area contributed by atoms with Crippen molar-refractivity contribution in [2.45, 2.75) is 32.9 Å². The van der Waals surface area contributed by atoms with Gasteiger partial charge in [-0.25, -0.2) is 9.69 Å². The van der Waals surface area contributed by atoms with Crippen molar-refractivity contribution < 1.29 is 23.9 Å². The summed E-state index contributed by atoms with van der Waals surface area (Å²) < 4.78 is 5.13. The van der Waals surface area contributed by atoms with Crippen molar-refractivity contribution in [1.82, 2.24) is 5.32 Å². The molecule has 3 aromatic rings. The molecule has 0 bridgehead atoms. The number of Topliss-reactive ketones (excluding diaryl/α,β-unsaturated/α-hetero) is 1. The third kappa shape index (κ3) is 5.70. The molecule has 0 saturated carbocycles. The monoisotopic (exact) mass is 470 g/mol. The van der Waals surface area contributed by atoms with Gasteiger partial charge in [0.1, 0.15) is 0 Å². The van der Waals surface area contributed by atoms with Crippen LogP contribution >= 0.6 is 0 Å². The molecule has 1 heterocycles. The molecule has 3 aromatic carbocycles. The number of carbonyl (C=O) groups is 4. The number of imide groups is 1. The van der Waals surface area contributed by atoms with Crippen LogP contribution in [0.5, 0.6) is 0 Å². The highest BCUT2D eigenvalue weighted by Crippen LogP contribution is 2.24. The van der Waals surface area contributed by atoms with Crippen LogP contribution in [0.1, 0.15) is 43.8 Å². The van der Waals surface area contributed by atoms with Crippen molar-refractivity contribution in [2.24, 2.45) is 0 Å². The Labute approximate surface area is 203 Å². The second-order valence-corrected chi connectivity index (χ2v) is 8.60. The van der Waals surface area contributed by atoms with Crippen LogP contribution in [0.4, 0.5) is 5.69 Å². The second-order valence-electron chi connectivity index (χ2n) is 8.60. The summed E-state index contributed by atoms with van der Waals surface area (Å²) in [5, 5.41) is 3.15. The Morgan fingerprint density at radius 3 is 2.06 bits per heavy atom. The van der Waals surface area contributed by atoms with Crippen LogP contribution < -0.4 is 10.2 Å². The smallest absolute Gasteiger partial charge is 0.338 e. The van der Waals surface area contributed by atoms with E-state index < -0.39 is 12.0 Å². The Balaban J connectivity index is 1.34. The minimum atomic E-state index is -0.659. The molecule has 1 atom stereocenters. The van der Waals surface area contributed by atoms with Crippen LogP contribution in [0.25, 0.3) is 0 Å². The molecule has 0 radical (unpaired) electrons. The van der Waals surface area contributed by atoms with Crippen molar-refractivity contribution in [3.8, 4) is 0 Å². The maximum Gasteiger partial charge on any atom is 0.338 e. The first kappa shape index (κ1) is 24.0. The first-order valence-corrected chi connectivity index (χ1v) is 11.3. The molecule has 7 heteroatoms. The highest BCUT2D eigenvalue weighted by molar-refractivity contribution is 6.22. The van der Waals surface area contributed by atoms with Crippen molar-refractivity contribution in [3.05, 3.63) is 101 Å². The van der Waals surface area contributed by atoms with Crippen LogP contribution in [0, 0.1) is 13.8 Å². The lowest BCUT2D eigenvalue weighted by Gasteiger charge is -2.16. The maximum atomic E-state index is 12.9. The fraction of sp³-hybridized carbons (Fsp3) is 0.214. The van der Waals surface area contributed by atoms with E-state index >= 15 is 0 Å². The van der Waals surface area contributed by atoms with Crippen molar-refractivity contribution in [2.75, 3.05) is 11.5 Å². The van der Waals surface area contributed by atoms with Crippen LogP contribution in [0.2, 0.25) is 0 Å². The van der Waals surface area contributed by atoms with Gasteiger partial charge in [0.2, 0.25) is 5.91 Å². The molecule has 1 unspecified atom stereocenters. The molecular weight excluding hydrogens is 444 g/mol. The molecule has 0 aliphatic carbocycles. The lowest BCUT2D eigenvalue weighted by molar-refractivity contribution is -0.121. The summed E-state index contributed by atoms with van der Waals surface area (Å²) in [4.78, 5) is 51.1. The number of anilines is 1. The molecule has 1 aliphatic rings. The standard InChI is InChI=1S/C28H26N2O5/c1-18-3-7-20(8-4-18)16-29-24-15-26(32)30(27(24)33)23-13-11-22(12-14-23)28(34)35-17-25(31)21-9-5-19(2)6-10-21/h3-14,24,29H,15-17H2,1-2H3. The summed E-state index contributed by atoms with van der Waals surface area (Å²) in [5.74, 6) is -1.60. The van der Waals surface area contributed by atoms with Gasteiger partial charge < -0.3 is 10.1 Å². The summed E-state index contributed by atoms with van der Waals surface area (Å²) in [6.07, 6.45) is 0.0651. The molecule has 1 aliphatic heterocycles. The highest BCUT2D eigenvalue weighted by Gasteiger charge is 2.39. The van der Waals surface area contributed by atoms with Crippen molar-refractivity contribution >= 4 is 29.3 Å². The number of rotatable bonds is 8. The Morgan fingerprint density at radius 1 is 0.857 bits per heavy atom. The molecule has 35 heavy (non-hydrogen) atoms. The summed E-state index contributed by atoms with van der Waals surface area (Å²) in [7, 11) is 0. The van der Waals surface area contributed by atoms with E-state index in [1.165, 1.54) is 24.3 Å². The lowest BCUT2D eigenvalue weighted by atomic mass is 10.1. The number of benzene rings is 3. The molecule has 1 fully saturated rings. The third-order valence-corrected chi connectivity index (χ3v) is 5.89. The van der Waals surface area contributed by atoms with E-state index in [-0.39, 0.29) is 36.2 Å². The predicted molar refractivity (Wildman–Crippen MR) is 131 cm³/mol. The molecule has 1 saturated heterocycles. The van der Waals surface area contributed by atoms with Gasteiger partial charge in [0.05, 0.1) is 23.7 Å². The van der Waals surface area contributed by atoms with Crippen LogP contribution in [-0.2, 0) is 20.9 Å². The number of nitrogens with zero attached hydrogens (tertiary/aromatic N) is 1. The minimum absolute atomic E-state index is 0.0651. The molecule has 4 rings (SSSR count). The van der Waals surface area contributed by atoms with Crippen molar-refractivity contribution in [1.29, 1.82) is 0 Å². The Hall–Kier alpha value is -4.10. The molecule has 2 amide bonds. The van der Waals surface area contributed by atoms with Gasteiger partial charge in [-0.1, -0.05) is 59.7 Å². The molecule has 1 N–H and O–H groups in total. The number of carbonyl (C=O) groups excluding carboxylic acids is 4. The van der Waals surface area contributed by atoms with Crippen LogP contribution in [0.15, 0.2) is 72.8 Å². The fourth-order valence-corrected chi connectivity index (χ4v) is 3.79.